The summed E-state index contributed by atoms with van der Waals surface area (Å²) < 4.78 is 16.4. The Morgan fingerprint density at radius 3 is 1.84 bits per heavy atom. The molecule has 1 aromatic rings. The molecule has 0 aromatic heterocycles. The van der Waals surface area contributed by atoms with E-state index in [1.807, 2.05) is 32.9 Å². The minimum Gasteiger partial charge on any atom is -0.493 e. The molecule has 0 saturated carbocycles. The summed E-state index contributed by atoms with van der Waals surface area (Å²) in [4.78, 5) is 0. The molecule has 19 heavy (non-hydrogen) atoms. The summed E-state index contributed by atoms with van der Waals surface area (Å²) in [7, 11) is 3.28. The molecule has 0 N–H and O–H groups in total. The highest BCUT2D eigenvalue weighted by molar-refractivity contribution is 5.53. The van der Waals surface area contributed by atoms with E-state index < -0.39 is 0 Å². The van der Waals surface area contributed by atoms with E-state index in [9.17, 15) is 0 Å². The third-order valence-corrected chi connectivity index (χ3v) is 2.55. The second-order valence-electron chi connectivity index (χ2n) is 4.53. The van der Waals surface area contributed by atoms with Gasteiger partial charge in [-0.15, -0.1) is 0 Å². The van der Waals surface area contributed by atoms with Gasteiger partial charge < -0.3 is 14.2 Å². The molecule has 0 radical (unpaired) electrons. The molecule has 0 aliphatic carbocycles. The van der Waals surface area contributed by atoms with Gasteiger partial charge in [-0.3, -0.25) is 0 Å². The van der Waals surface area contributed by atoms with Crippen molar-refractivity contribution in [1.29, 1.82) is 0 Å². The van der Waals surface area contributed by atoms with Gasteiger partial charge in [-0.05, 0) is 37.0 Å². The molecule has 0 atom stereocenters. The van der Waals surface area contributed by atoms with Gasteiger partial charge in [0.2, 0.25) is 5.75 Å². The fourth-order valence-corrected chi connectivity index (χ4v) is 1.55. The van der Waals surface area contributed by atoms with Crippen LogP contribution in [0.15, 0.2) is 12.1 Å². The van der Waals surface area contributed by atoms with Crippen LogP contribution in [0.25, 0.3) is 0 Å². The van der Waals surface area contributed by atoms with E-state index in [0.29, 0.717) is 18.3 Å². The Hall–Kier alpha value is -1.38. The van der Waals surface area contributed by atoms with Gasteiger partial charge in [0.25, 0.3) is 0 Å². The van der Waals surface area contributed by atoms with Crippen LogP contribution >= 0.6 is 0 Å². The zero-order valence-corrected chi connectivity index (χ0v) is 13.4. The highest BCUT2D eigenvalue weighted by Gasteiger charge is 2.12. The van der Waals surface area contributed by atoms with Crippen molar-refractivity contribution in [2.75, 3.05) is 20.8 Å². The van der Waals surface area contributed by atoms with Gasteiger partial charge in [0.05, 0.1) is 20.8 Å². The number of hydrogen-bond acceptors (Lipinski definition) is 3. The van der Waals surface area contributed by atoms with E-state index in [1.165, 1.54) is 0 Å². The van der Waals surface area contributed by atoms with E-state index in [0.717, 1.165) is 23.5 Å². The summed E-state index contributed by atoms with van der Waals surface area (Å²) in [6.45, 7) is 11.0. The third-order valence-electron chi connectivity index (χ3n) is 2.55. The lowest BCUT2D eigenvalue weighted by Crippen LogP contribution is -2.04. The molecule has 110 valence electrons. The average molecular weight is 268 g/mol. The first-order valence-electron chi connectivity index (χ1n) is 6.94. The van der Waals surface area contributed by atoms with Crippen LogP contribution in [0.2, 0.25) is 0 Å². The summed E-state index contributed by atoms with van der Waals surface area (Å²) in [5.74, 6) is 2.77. The van der Waals surface area contributed by atoms with Gasteiger partial charge in [-0.1, -0.05) is 27.7 Å². The smallest absolute Gasteiger partial charge is 0.203 e. The highest BCUT2D eigenvalue weighted by atomic mass is 16.5. The molecule has 0 saturated heterocycles. The zero-order chi connectivity index (χ0) is 14.8. The number of aryl methyl sites for hydroxylation is 1. The predicted octanol–water partition coefficient (Wildman–Crippen LogP) is 4.46. The molecule has 0 heterocycles. The molecule has 0 aliphatic heterocycles. The van der Waals surface area contributed by atoms with Crippen LogP contribution in [0.5, 0.6) is 17.2 Å². The Morgan fingerprint density at radius 2 is 1.47 bits per heavy atom. The molecule has 0 bridgehead atoms. The van der Waals surface area contributed by atoms with E-state index >= 15 is 0 Å². The van der Waals surface area contributed by atoms with Crippen LogP contribution in [0.3, 0.4) is 0 Å². The van der Waals surface area contributed by atoms with Crippen molar-refractivity contribution >= 4 is 0 Å². The highest BCUT2D eigenvalue weighted by Crippen LogP contribution is 2.38. The normalized spacial score (nSPS) is 9.68. The fraction of sp³-hybridized carbons (Fsp3) is 0.625. The Labute approximate surface area is 117 Å². The first-order chi connectivity index (χ1) is 9.08. The fourth-order valence-electron chi connectivity index (χ4n) is 1.55. The number of ether oxygens (including phenoxy) is 3. The molecule has 3 nitrogen and oxygen atoms in total. The van der Waals surface area contributed by atoms with Crippen LogP contribution in [0.4, 0.5) is 0 Å². The summed E-state index contributed by atoms with van der Waals surface area (Å²) in [6, 6.07) is 3.90. The molecule has 0 unspecified atom stereocenters. The van der Waals surface area contributed by atoms with Crippen LogP contribution < -0.4 is 14.2 Å². The van der Waals surface area contributed by atoms with Crippen LogP contribution in [-0.4, -0.2) is 20.8 Å². The van der Waals surface area contributed by atoms with Crippen LogP contribution in [0, 0.1) is 12.8 Å². The average Bonchev–Trinajstić information content (AvgIpc) is 2.41. The van der Waals surface area contributed by atoms with E-state index in [2.05, 4.69) is 13.8 Å². The first-order valence-corrected chi connectivity index (χ1v) is 6.94. The summed E-state index contributed by atoms with van der Waals surface area (Å²) in [6.07, 6.45) is 1.01. The Balaban J connectivity index is 0.00000154. The van der Waals surface area contributed by atoms with Gasteiger partial charge in [-0.2, -0.15) is 0 Å². The van der Waals surface area contributed by atoms with E-state index in [1.54, 1.807) is 14.2 Å². The van der Waals surface area contributed by atoms with Crippen molar-refractivity contribution in [1.82, 2.24) is 0 Å². The Bertz CT molecular complexity index is 334. The maximum Gasteiger partial charge on any atom is 0.203 e. The second kappa shape index (κ2) is 9.54. The Morgan fingerprint density at radius 1 is 1.00 bits per heavy atom. The molecular weight excluding hydrogens is 240 g/mol. The largest absolute Gasteiger partial charge is 0.493 e. The number of hydrogen-bond donors (Lipinski definition) is 0. The van der Waals surface area contributed by atoms with Gasteiger partial charge >= 0.3 is 0 Å². The van der Waals surface area contributed by atoms with Crippen LogP contribution in [0.1, 0.15) is 39.7 Å². The van der Waals surface area contributed by atoms with E-state index in [4.69, 9.17) is 14.2 Å². The number of rotatable bonds is 6. The molecule has 0 amide bonds. The molecular formula is C16H28O3. The standard InChI is InChI=1S/C14H22O3.C2H6/c1-10(2)6-7-17-14-12(15-4)8-11(3)9-13(14)16-5;1-2/h8-10H,6-7H2,1-5H3;1-2H3. The van der Waals surface area contributed by atoms with Crippen molar-refractivity contribution in [2.24, 2.45) is 5.92 Å². The zero-order valence-electron chi connectivity index (χ0n) is 13.4. The third kappa shape index (κ3) is 5.86. The second-order valence-corrected chi connectivity index (χ2v) is 4.53. The van der Waals surface area contributed by atoms with Gasteiger partial charge in [0.15, 0.2) is 11.5 Å². The maximum atomic E-state index is 5.77. The molecule has 0 aliphatic rings. The molecule has 0 fully saturated rings. The van der Waals surface area contributed by atoms with Crippen molar-refractivity contribution in [3.63, 3.8) is 0 Å². The minimum absolute atomic E-state index is 0.623. The van der Waals surface area contributed by atoms with Crippen molar-refractivity contribution in [2.45, 2.75) is 41.0 Å². The van der Waals surface area contributed by atoms with Crippen molar-refractivity contribution in [3.8, 4) is 17.2 Å². The van der Waals surface area contributed by atoms with Crippen molar-refractivity contribution in [3.05, 3.63) is 17.7 Å². The maximum absolute atomic E-state index is 5.77. The number of methoxy groups -OCH3 is 2. The van der Waals surface area contributed by atoms with E-state index in [-0.39, 0.29) is 0 Å². The monoisotopic (exact) mass is 268 g/mol. The van der Waals surface area contributed by atoms with Gasteiger partial charge in [0.1, 0.15) is 0 Å². The summed E-state index contributed by atoms with van der Waals surface area (Å²) in [5.41, 5.74) is 1.09. The summed E-state index contributed by atoms with van der Waals surface area (Å²) in [5, 5.41) is 0. The summed E-state index contributed by atoms with van der Waals surface area (Å²) >= 11 is 0. The molecule has 1 rings (SSSR count). The van der Waals surface area contributed by atoms with Gasteiger partial charge in [0, 0.05) is 0 Å². The lowest BCUT2D eigenvalue weighted by Gasteiger charge is -2.15. The lowest BCUT2D eigenvalue weighted by atomic mass is 10.1. The topological polar surface area (TPSA) is 27.7 Å². The molecule has 1 aromatic carbocycles. The predicted molar refractivity (Wildman–Crippen MR) is 80.6 cm³/mol. The van der Waals surface area contributed by atoms with Gasteiger partial charge in [-0.25, -0.2) is 0 Å². The lowest BCUT2D eigenvalue weighted by molar-refractivity contribution is 0.257. The first kappa shape index (κ1) is 17.6. The Kier molecular flexibility index (Phi) is 8.84. The number of benzene rings is 1. The van der Waals surface area contributed by atoms with Crippen molar-refractivity contribution < 1.29 is 14.2 Å². The molecule has 3 heteroatoms. The quantitative estimate of drug-likeness (QED) is 0.762. The molecule has 0 spiro atoms. The van der Waals surface area contributed by atoms with Crippen LogP contribution in [-0.2, 0) is 0 Å². The SMILES string of the molecule is CC.COc1cc(C)cc(OC)c1OCCC(C)C. The minimum atomic E-state index is 0.623.